The minimum absolute atomic E-state index is 0.882. The summed E-state index contributed by atoms with van der Waals surface area (Å²) in [7, 11) is 2.61. The summed E-state index contributed by atoms with van der Waals surface area (Å²) in [6.07, 6.45) is 1.77. The predicted octanol–water partition coefficient (Wildman–Crippen LogP) is 2.16. The van der Waals surface area contributed by atoms with Crippen LogP contribution >= 0.6 is 9.24 Å². The maximum atomic E-state index is 3.87. The van der Waals surface area contributed by atoms with Crippen LogP contribution in [0.1, 0.15) is 5.56 Å². The molecule has 0 aliphatic rings. The number of hydrogen-bond acceptors (Lipinski definition) is 1. The zero-order valence-electron chi connectivity index (χ0n) is 6.25. The van der Waals surface area contributed by atoms with E-state index in [2.05, 4.69) is 27.5 Å². The molecule has 0 radical (unpaired) electrons. The normalized spacial score (nSPS) is 9.18. The molecule has 0 fully saturated rings. The quantitative estimate of drug-likeness (QED) is 0.468. The number of hydrogen-bond donors (Lipinski definition) is 0. The third kappa shape index (κ3) is 1.75. The first-order chi connectivity index (χ1) is 5.27. The van der Waals surface area contributed by atoms with E-state index in [1.165, 1.54) is 0 Å². The second-order valence-electron chi connectivity index (χ2n) is 2.18. The molecule has 2 heteroatoms. The molecule has 11 heavy (non-hydrogen) atoms. The maximum Gasteiger partial charge on any atom is 0.0700 e. The van der Waals surface area contributed by atoms with Gasteiger partial charge in [0.25, 0.3) is 0 Å². The van der Waals surface area contributed by atoms with Gasteiger partial charge in [-0.15, -0.1) is 9.24 Å². The average molecular weight is 163 g/mol. The molecule has 0 aromatic heterocycles. The van der Waals surface area contributed by atoms with E-state index in [9.17, 15) is 0 Å². The largest absolute Gasteiger partial charge is 0.264 e. The zero-order valence-corrected chi connectivity index (χ0v) is 7.40. The Labute approximate surface area is 69.1 Å². The Kier molecular flexibility index (Phi) is 2.56. The fourth-order valence-corrected chi connectivity index (χ4v) is 1.12. The zero-order chi connectivity index (χ0) is 8.27. The molecule has 0 aliphatic carbocycles. The van der Waals surface area contributed by atoms with Crippen molar-refractivity contribution in [1.29, 1.82) is 0 Å². The molecule has 0 amide bonds. The first-order valence-corrected chi connectivity index (χ1v) is 3.84. The van der Waals surface area contributed by atoms with E-state index in [4.69, 9.17) is 0 Å². The van der Waals surface area contributed by atoms with Gasteiger partial charge in [-0.2, -0.15) is 0 Å². The summed E-state index contributed by atoms with van der Waals surface area (Å²) in [5, 5.41) is 1.11. The summed E-state index contributed by atoms with van der Waals surface area (Å²) in [4.78, 5) is 3.87. The smallest absolute Gasteiger partial charge is 0.0700 e. The van der Waals surface area contributed by atoms with Crippen LogP contribution < -0.4 is 5.30 Å². The second kappa shape index (κ2) is 3.45. The van der Waals surface area contributed by atoms with Gasteiger partial charge in [0.05, 0.1) is 5.69 Å². The number of benzene rings is 1. The van der Waals surface area contributed by atoms with Crippen molar-refractivity contribution >= 4 is 33.0 Å². The summed E-state index contributed by atoms with van der Waals surface area (Å²) < 4.78 is 0. The van der Waals surface area contributed by atoms with Crippen LogP contribution in [0.3, 0.4) is 0 Å². The van der Waals surface area contributed by atoms with E-state index in [1.54, 1.807) is 6.08 Å². The highest BCUT2D eigenvalue weighted by Crippen LogP contribution is 2.18. The third-order valence-electron chi connectivity index (χ3n) is 1.44. The van der Waals surface area contributed by atoms with Crippen molar-refractivity contribution in [2.75, 3.05) is 0 Å². The molecule has 0 heterocycles. The molecular weight excluding hydrogens is 153 g/mol. The van der Waals surface area contributed by atoms with Crippen LogP contribution in [0.25, 0.3) is 6.08 Å². The molecule has 0 saturated carbocycles. The van der Waals surface area contributed by atoms with Gasteiger partial charge < -0.3 is 0 Å². The first kappa shape index (κ1) is 8.16. The first-order valence-electron chi connectivity index (χ1n) is 3.26. The lowest BCUT2D eigenvalue weighted by Gasteiger charge is -1.99. The van der Waals surface area contributed by atoms with Gasteiger partial charge >= 0.3 is 0 Å². The van der Waals surface area contributed by atoms with Crippen LogP contribution in [0.5, 0.6) is 0 Å². The van der Waals surface area contributed by atoms with Crippen molar-refractivity contribution in [3.63, 3.8) is 0 Å². The molecule has 0 bridgehead atoms. The lowest BCUT2D eigenvalue weighted by atomic mass is 10.2. The monoisotopic (exact) mass is 163 g/mol. The summed E-state index contributed by atoms with van der Waals surface area (Å²) in [6, 6.07) is 5.92. The highest BCUT2D eigenvalue weighted by Gasteiger charge is 1.94. The molecule has 0 N–H and O–H groups in total. The fraction of sp³-hybridized carbons (Fsp3) is 0. The van der Waals surface area contributed by atoms with Gasteiger partial charge in [0, 0.05) is 0 Å². The molecule has 1 rings (SSSR count). The van der Waals surface area contributed by atoms with Gasteiger partial charge in [0.1, 0.15) is 0 Å². The Balaban J connectivity index is 3.26. The molecule has 56 valence electrons. The van der Waals surface area contributed by atoms with Gasteiger partial charge in [0.15, 0.2) is 0 Å². The molecule has 1 aromatic carbocycles. The summed E-state index contributed by atoms with van der Waals surface area (Å²) in [5.41, 5.74) is 1.90. The van der Waals surface area contributed by atoms with E-state index in [0.29, 0.717) is 0 Å². The van der Waals surface area contributed by atoms with Gasteiger partial charge in [-0.25, -0.2) is 0 Å². The Morgan fingerprint density at radius 1 is 1.45 bits per heavy atom. The van der Waals surface area contributed by atoms with Crippen LogP contribution in [0.2, 0.25) is 0 Å². The number of aliphatic imine (C=N–C) groups is 1. The van der Waals surface area contributed by atoms with Crippen molar-refractivity contribution in [3.8, 4) is 0 Å². The van der Waals surface area contributed by atoms with E-state index in [0.717, 1.165) is 16.6 Å². The van der Waals surface area contributed by atoms with E-state index >= 15 is 0 Å². The molecule has 0 aliphatic heterocycles. The summed E-state index contributed by atoms with van der Waals surface area (Å²) >= 11 is 0. The highest BCUT2D eigenvalue weighted by molar-refractivity contribution is 7.27. The summed E-state index contributed by atoms with van der Waals surface area (Å²) in [5.74, 6) is 0. The van der Waals surface area contributed by atoms with Gasteiger partial charge in [-0.1, -0.05) is 24.8 Å². The average Bonchev–Trinajstić information content (AvgIpc) is 2.04. The summed E-state index contributed by atoms with van der Waals surface area (Å²) in [6.45, 7) is 7.15. The van der Waals surface area contributed by atoms with Crippen molar-refractivity contribution in [2.45, 2.75) is 0 Å². The van der Waals surface area contributed by atoms with Gasteiger partial charge in [-0.05, 0) is 23.7 Å². The molecule has 1 atom stereocenters. The molecule has 1 aromatic rings. The minimum atomic E-state index is 0.882. The van der Waals surface area contributed by atoms with E-state index < -0.39 is 0 Å². The van der Waals surface area contributed by atoms with Crippen LogP contribution in [0.15, 0.2) is 29.8 Å². The minimum Gasteiger partial charge on any atom is -0.264 e. The van der Waals surface area contributed by atoms with Crippen molar-refractivity contribution in [3.05, 3.63) is 30.3 Å². The molecular formula is C9H10NP. The van der Waals surface area contributed by atoms with Crippen LogP contribution in [0.4, 0.5) is 5.69 Å². The lowest BCUT2D eigenvalue weighted by Crippen LogP contribution is -1.88. The van der Waals surface area contributed by atoms with Crippen LogP contribution in [0, 0.1) is 0 Å². The Morgan fingerprint density at radius 3 is 2.73 bits per heavy atom. The fourth-order valence-electron chi connectivity index (χ4n) is 0.870. The standard InChI is InChI=1S/C9H10NP/c1-3-7-4-5-8(11)6-9(7)10-2/h3-6H,1-2,11H2. The van der Waals surface area contributed by atoms with Crippen molar-refractivity contribution in [2.24, 2.45) is 4.99 Å². The number of rotatable bonds is 2. The Bertz CT molecular complexity index is 292. The molecule has 0 spiro atoms. The van der Waals surface area contributed by atoms with Crippen molar-refractivity contribution in [1.82, 2.24) is 0 Å². The third-order valence-corrected chi connectivity index (χ3v) is 1.80. The number of nitrogens with zero attached hydrogens (tertiary/aromatic N) is 1. The lowest BCUT2D eigenvalue weighted by molar-refractivity contribution is 1.55. The Morgan fingerprint density at radius 2 is 2.18 bits per heavy atom. The van der Waals surface area contributed by atoms with Gasteiger partial charge in [-0.3, -0.25) is 4.99 Å². The maximum absolute atomic E-state index is 3.87. The van der Waals surface area contributed by atoms with E-state index in [1.807, 2.05) is 18.2 Å². The Hall–Kier alpha value is -0.940. The topological polar surface area (TPSA) is 12.4 Å². The molecule has 1 nitrogen and oxygen atoms in total. The molecule has 1 unspecified atom stereocenters. The predicted molar refractivity (Wildman–Crippen MR) is 55.1 cm³/mol. The highest BCUT2D eigenvalue weighted by atomic mass is 31.0. The molecule has 0 saturated heterocycles. The van der Waals surface area contributed by atoms with Crippen LogP contribution in [-0.2, 0) is 0 Å². The second-order valence-corrected chi connectivity index (χ2v) is 2.85. The van der Waals surface area contributed by atoms with Gasteiger partial charge in [0.2, 0.25) is 0 Å². The SMILES string of the molecule is C=Cc1ccc(P)cc1N=C. The van der Waals surface area contributed by atoms with Crippen LogP contribution in [-0.4, -0.2) is 6.72 Å². The van der Waals surface area contributed by atoms with E-state index in [-0.39, 0.29) is 0 Å². The van der Waals surface area contributed by atoms with Crippen molar-refractivity contribution < 1.29 is 0 Å².